The molecule has 0 saturated heterocycles. The lowest BCUT2D eigenvalue weighted by atomic mass is 9.90. The van der Waals surface area contributed by atoms with Crippen molar-refractivity contribution in [3.63, 3.8) is 0 Å². The summed E-state index contributed by atoms with van der Waals surface area (Å²) in [7, 11) is 0. The molecule has 98 valence electrons. The van der Waals surface area contributed by atoms with Crippen molar-refractivity contribution < 1.29 is 9.90 Å². The van der Waals surface area contributed by atoms with Crippen LogP contribution in [-0.4, -0.2) is 10.9 Å². The average molecular weight is 246 g/mol. The fraction of sp³-hybridized carbons (Fsp3) is 0.438. The second-order valence-electron chi connectivity index (χ2n) is 5.92. The Labute approximate surface area is 109 Å². The van der Waals surface area contributed by atoms with Gasteiger partial charge in [0, 0.05) is 17.1 Å². The van der Waals surface area contributed by atoms with Crippen molar-refractivity contribution in [2.75, 3.05) is 0 Å². The lowest BCUT2D eigenvalue weighted by Crippen LogP contribution is -2.12. The molecular weight excluding hydrogens is 224 g/mol. The van der Waals surface area contributed by atoms with E-state index in [1.54, 1.807) is 0 Å². The van der Waals surface area contributed by atoms with Gasteiger partial charge in [0.05, 0.1) is 0 Å². The Morgan fingerprint density at radius 1 is 1.11 bits per heavy atom. The molecule has 0 aromatic heterocycles. The van der Waals surface area contributed by atoms with Gasteiger partial charge >= 0.3 is 0 Å². The predicted octanol–water partition coefficient (Wildman–Crippen LogP) is 4.28. The summed E-state index contributed by atoms with van der Waals surface area (Å²) in [4.78, 5) is 12.2. The first-order valence-electron chi connectivity index (χ1n) is 6.16. The zero-order chi connectivity index (χ0) is 14.1. The first kappa shape index (κ1) is 14.5. The highest BCUT2D eigenvalue weighted by Crippen LogP contribution is 2.24. The van der Waals surface area contributed by atoms with Crippen molar-refractivity contribution >= 4 is 5.78 Å². The highest BCUT2D eigenvalue weighted by molar-refractivity contribution is 6.07. The average Bonchev–Trinajstić information content (AvgIpc) is 2.13. The topological polar surface area (TPSA) is 37.3 Å². The molecule has 1 rings (SSSR count). The van der Waals surface area contributed by atoms with E-state index in [2.05, 4.69) is 0 Å². The highest BCUT2D eigenvalue weighted by atomic mass is 16.3. The van der Waals surface area contributed by atoms with E-state index in [1.165, 1.54) is 6.08 Å². The molecule has 0 amide bonds. The predicted molar refractivity (Wildman–Crippen MR) is 75.2 cm³/mol. The van der Waals surface area contributed by atoms with E-state index in [0.29, 0.717) is 5.56 Å². The molecule has 2 nitrogen and oxygen atoms in total. The van der Waals surface area contributed by atoms with Crippen molar-refractivity contribution in [2.24, 2.45) is 5.41 Å². The molecule has 18 heavy (non-hydrogen) atoms. The second-order valence-corrected chi connectivity index (χ2v) is 5.92. The van der Waals surface area contributed by atoms with E-state index in [4.69, 9.17) is 0 Å². The molecule has 0 heterocycles. The van der Waals surface area contributed by atoms with Crippen LogP contribution < -0.4 is 0 Å². The van der Waals surface area contributed by atoms with E-state index in [-0.39, 0.29) is 11.5 Å². The largest absolute Gasteiger partial charge is 0.512 e. The molecule has 2 heteroatoms. The number of allylic oxidation sites excluding steroid dienone is 2. The van der Waals surface area contributed by atoms with Crippen LogP contribution in [0.15, 0.2) is 24.0 Å². The minimum atomic E-state index is -0.401. The van der Waals surface area contributed by atoms with Crippen molar-refractivity contribution in [3.05, 3.63) is 46.2 Å². The SMILES string of the molecule is Cc1cc(C)c(C(=O)/C=C(\O)C(C)(C)C)c(C)c1. The normalized spacial score (nSPS) is 12.7. The van der Waals surface area contributed by atoms with Gasteiger partial charge in [0.2, 0.25) is 0 Å². The standard InChI is InChI=1S/C16H22O2/c1-10-7-11(2)15(12(3)8-10)13(17)9-14(18)16(4,5)6/h7-9,18H,1-6H3/b14-9-. The van der Waals surface area contributed by atoms with Crippen LogP contribution in [0.4, 0.5) is 0 Å². The second kappa shape index (κ2) is 4.97. The quantitative estimate of drug-likeness (QED) is 0.480. The smallest absolute Gasteiger partial charge is 0.189 e. The molecule has 0 radical (unpaired) electrons. The zero-order valence-corrected chi connectivity index (χ0v) is 12.1. The molecule has 1 aromatic rings. The summed E-state index contributed by atoms with van der Waals surface area (Å²) >= 11 is 0. The number of aryl methyl sites for hydroxylation is 3. The highest BCUT2D eigenvalue weighted by Gasteiger charge is 2.19. The Morgan fingerprint density at radius 3 is 1.94 bits per heavy atom. The molecule has 0 saturated carbocycles. The van der Waals surface area contributed by atoms with Crippen LogP contribution in [0.2, 0.25) is 0 Å². The molecule has 0 spiro atoms. The van der Waals surface area contributed by atoms with E-state index in [9.17, 15) is 9.90 Å². The molecule has 1 N–H and O–H groups in total. The number of carbonyl (C=O) groups excluding carboxylic acids is 1. The summed E-state index contributed by atoms with van der Waals surface area (Å²) in [6, 6.07) is 3.98. The summed E-state index contributed by atoms with van der Waals surface area (Å²) in [6.45, 7) is 11.5. The van der Waals surface area contributed by atoms with Crippen LogP contribution in [0.25, 0.3) is 0 Å². The van der Waals surface area contributed by atoms with Gasteiger partial charge in [0.1, 0.15) is 5.76 Å². The van der Waals surface area contributed by atoms with Crippen molar-refractivity contribution in [1.82, 2.24) is 0 Å². The monoisotopic (exact) mass is 246 g/mol. The molecule has 0 aliphatic heterocycles. The van der Waals surface area contributed by atoms with E-state index < -0.39 is 5.41 Å². The number of aliphatic hydroxyl groups is 1. The zero-order valence-electron chi connectivity index (χ0n) is 12.1. The third kappa shape index (κ3) is 3.22. The minimum absolute atomic E-state index is 0.117. The number of rotatable bonds is 2. The Kier molecular flexibility index (Phi) is 4.00. The van der Waals surface area contributed by atoms with Gasteiger partial charge in [-0.15, -0.1) is 0 Å². The molecule has 1 aromatic carbocycles. The van der Waals surface area contributed by atoms with Crippen LogP contribution in [0.1, 0.15) is 47.8 Å². The van der Waals surface area contributed by atoms with Crippen LogP contribution in [0.5, 0.6) is 0 Å². The minimum Gasteiger partial charge on any atom is -0.512 e. The number of aliphatic hydroxyl groups excluding tert-OH is 1. The molecule has 0 unspecified atom stereocenters. The number of ketones is 1. The summed E-state index contributed by atoms with van der Waals surface area (Å²) < 4.78 is 0. The van der Waals surface area contributed by atoms with E-state index in [1.807, 2.05) is 53.7 Å². The Balaban J connectivity index is 3.21. The lowest BCUT2D eigenvalue weighted by molar-refractivity contribution is 0.103. The van der Waals surface area contributed by atoms with Crippen LogP contribution in [0.3, 0.4) is 0 Å². The van der Waals surface area contributed by atoms with Crippen molar-refractivity contribution in [2.45, 2.75) is 41.5 Å². The third-order valence-electron chi connectivity index (χ3n) is 2.96. The lowest BCUT2D eigenvalue weighted by Gasteiger charge is -2.17. The Bertz CT molecular complexity index is 479. The Hall–Kier alpha value is -1.57. The van der Waals surface area contributed by atoms with E-state index in [0.717, 1.165) is 16.7 Å². The molecule has 0 fully saturated rings. The van der Waals surface area contributed by atoms with Gasteiger partial charge in [-0.05, 0) is 31.9 Å². The third-order valence-corrected chi connectivity index (χ3v) is 2.96. The molecule has 0 atom stereocenters. The number of hydrogen-bond acceptors (Lipinski definition) is 2. The number of hydrogen-bond donors (Lipinski definition) is 1. The van der Waals surface area contributed by atoms with Crippen LogP contribution in [-0.2, 0) is 0 Å². The van der Waals surface area contributed by atoms with Gasteiger partial charge in [-0.3, -0.25) is 4.79 Å². The maximum atomic E-state index is 12.2. The summed E-state index contributed by atoms with van der Waals surface area (Å²) in [5.41, 5.74) is 3.34. The molecule has 0 aliphatic carbocycles. The van der Waals surface area contributed by atoms with Crippen LogP contribution >= 0.6 is 0 Å². The van der Waals surface area contributed by atoms with Gasteiger partial charge < -0.3 is 5.11 Å². The van der Waals surface area contributed by atoms with E-state index >= 15 is 0 Å². The van der Waals surface area contributed by atoms with Gasteiger partial charge in [-0.25, -0.2) is 0 Å². The molecular formula is C16H22O2. The number of benzene rings is 1. The van der Waals surface area contributed by atoms with Gasteiger partial charge in [-0.1, -0.05) is 38.5 Å². The van der Waals surface area contributed by atoms with Crippen LogP contribution in [0, 0.1) is 26.2 Å². The van der Waals surface area contributed by atoms with Gasteiger partial charge in [0.15, 0.2) is 5.78 Å². The first-order chi connectivity index (χ1) is 8.12. The molecule has 0 bridgehead atoms. The molecule has 0 aliphatic rings. The maximum Gasteiger partial charge on any atom is 0.189 e. The fourth-order valence-electron chi connectivity index (χ4n) is 1.98. The number of carbonyl (C=O) groups is 1. The fourth-order valence-corrected chi connectivity index (χ4v) is 1.98. The van der Waals surface area contributed by atoms with Gasteiger partial charge in [-0.2, -0.15) is 0 Å². The van der Waals surface area contributed by atoms with Crippen molar-refractivity contribution in [3.8, 4) is 0 Å². The first-order valence-corrected chi connectivity index (χ1v) is 6.16. The maximum absolute atomic E-state index is 12.2. The summed E-state index contributed by atoms with van der Waals surface area (Å²) in [6.07, 6.45) is 1.34. The summed E-state index contributed by atoms with van der Waals surface area (Å²) in [5, 5.41) is 9.89. The van der Waals surface area contributed by atoms with Crippen molar-refractivity contribution in [1.29, 1.82) is 0 Å². The summed E-state index contributed by atoms with van der Waals surface area (Å²) in [5.74, 6) is -0.00991. The van der Waals surface area contributed by atoms with Gasteiger partial charge in [0.25, 0.3) is 0 Å². The Morgan fingerprint density at radius 2 is 1.56 bits per heavy atom.